The van der Waals surface area contributed by atoms with Crippen LogP contribution in [0.1, 0.15) is 53.9 Å². The molecule has 1 saturated heterocycles. The fraction of sp³-hybridized carbons (Fsp3) is 0.520. The van der Waals surface area contributed by atoms with E-state index in [1.807, 2.05) is 34.6 Å². The molecule has 3 heterocycles. The van der Waals surface area contributed by atoms with Crippen molar-refractivity contribution in [2.24, 2.45) is 0 Å². The summed E-state index contributed by atoms with van der Waals surface area (Å²) in [6.07, 6.45) is 1.91. The molecule has 11 nitrogen and oxygen atoms in total. The molecule has 0 spiro atoms. The Morgan fingerprint density at radius 3 is 2.39 bits per heavy atom. The van der Waals surface area contributed by atoms with E-state index in [0.29, 0.717) is 42.9 Å². The maximum atomic E-state index is 12.6. The van der Waals surface area contributed by atoms with Gasteiger partial charge < -0.3 is 20.2 Å². The van der Waals surface area contributed by atoms with E-state index in [-0.39, 0.29) is 29.7 Å². The highest BCUT2D eigenvalue weighted by Crippen LogP contribution is 2.36. The summed E-state index contributed by atoms with van der Waals surface area (Å²) in [7, 11) is 0. The predicted octanol–water partition coefficient (Wildman–Crippen LogP) is 2.40. The van der Waals surface area contributed by atoms with Gasteiger partial charge >= 0.3 is 5.69 Å². The molecule has 1 aromatic carbocycles. The summed E-state index contributed by atoms with van der Waals surface area (Å²) in [5.74, 6) is 0.720. The zero-order valence-electron chi connectivity index (χ0n) is 21.3. The highest BCUT2D eigenvalue weighted by Gasteiger charge is 2.45. The first kappa shape index (κ1) is 25.6. The minimum Gasteiger partial charge on any atom is -0.484 e. The molecule has 0 radical (unpaired) electrons. The number of benzene rings is 1. The number of aromatic nitrogens is 4. The molecule has 0 unspecified atom stereocenters. The van der Waals surface area contributed by atoms with Gasteiger partial charge in [0.05, 0.1) is 0 Å². The van der Waals surface area contributed by atoms with E-state index in [1.54, 1.807) is 24.3 Å². The summed E-state index contributed by atoms with van der Waals surface area (Å²) in [5.41, 5.74) is -0.645. The fourth-order valence-corrected chi connectivity index (χ4v) is 5.08. The Balaban J connectivity index is 1.40. The van der Waals surface area contributed by atoms with Crippen LogP contribution in [0.5, 0.6) is 5.75 Å². The molecule has 1 amide bonds. The van der Waals surface area contributed by atoms with Crippen LogP contribution >= 0.6 is 0 Å². The number of carbonyl (C=O) groups excluding carboxylic acids is 1. The van der Waals surface area contributed by atoms with E-state index in [2.05, 4.69) is 20.3 Å². The molecule has 0 saturated carbocycles. The normalized spacial score (nSPS) is 17.8. The fourth-order valence-electron chi connectivity index (χ4n) is 5.08. The first-order valence-corrected chi connectivity index (χ1v) is 12.2. The first-order chi connectivity index (χ1) is 16.9. The summed E-state index contributed by atoms with van der Waals surface area (Å²) in [6.45, 7) is 9.88. The molecule has 0 aliphatic carbocycles. The van der Waals surface area contributed by atoms with Gasteiger partial charge in [0, 0.05) is 29.2 Å². The van der Waals surface area contributed by atoms with Crippen molar-refractivity contribution >= 4 is 17.1 Å². The van der Waals surface area contributed by atoms with Crippen molar-refractivity contribution < 1.29 is 14.7 Å². The minimum atomic E-state index is -0.483. The molecule has 1 fully saturated rings. The van der Waals surface area contributed by atoms with Crippen molar-refractivity contribution in [2.45, 2.75) is 77.5 Å². The van der Waals surface area contributed by atoms with Crippen molar-refractivity contribution in [1.82, 2.24) is 29.9 Å². The van der Waals surface area contributed by atoms with Gasteiger partial charge in [-0.3, -0.25) is 19.1 Å². The number of amides is 1. The molecular weight excluding hydrogens is 464 g/mol. The third-order valence-corrected chi connectivity index (χ3v) is 6.58. The Morgan fingerprint density at radius 1 is 1.14 bits per heavy atom. The number of imidazole rings is 1. The van der Waals surface area contributed by atoms with Crippen LogP contribution in [0, 0.1) is 0 Å². The van der Waals surface area contributed by atoms with Gasteiger partial charge in [0.15, 0.2) is 12.3 Å². The van der Waals surface area contributed by atoms with Crippen LogP contribution in [-0.2, 0) is 11.3 Å². The van der Waals surface area contributed by atoms with Crippen LogP contribution in [-0.4, -0.2) is 59.4 Å². The van der Waals surface area contributed by atoms with Crippen LogP contribution in [0.25, 0.3) is 22.6 Å². The number of H-pyrrole nitrogens is 2. The second kappa shape index (κ2) is 9.55. The van der Waals surface area contributed by atoms with Crippen LogP contribution < -0.4 is 21.3 Å². The molecule has 4 rings (SSSR count). The Morgan fingerprint density at radius 2 is 1.78 bits per heavy atom. The highest BCUT2D eigenvalue weighted by molar-refractivity contribution is 5.78. The third-order valence-electron chi connectivity index (χ3n) is 6.58. The Labute approximate surface area is 208 Å². The number of rotatable bonds is 7. The summed E-state index contributed by atoms with van der Waals surface area (Å²) >= 11 is 0. The first-order valence-electron chi connectivity index (χ1n) is 12.2. The standard InChI is InChI=1S/C25H34N6O5/c1-6-11-30-22(33)19-21(29-23(30)34)28-20(27-19)15-7-9-17(10-8-15)36-14-18(32)26-16-12-24(2,3)31(35)25(4,5)13-16/h7-10,16,35H,6,11-14H2,1-5H3,(H,26,32)(H,27,28)(H,29,34). The Bertz CT molecular complexity index is 1350. The second-order valence-corrected chi connectivity index (χ2v) is 10.6. The number of hydrogen-bond donors (Lipinski definition) is 4. The number of carbonyl (C=O) groups is 1. The van der Waals surface area contributed by atoms with Crippen LogP contribution in [0.15, 0.2) is 33.9 Å². The van der Waals surface area contributed by atoms with E-state index in [1.165, 1.54) is 5.06 Å². The number of ether oxygens (including phenoxy) is 1. The average molecular weight is 499 g/mol. The quantitative estimate of drug-likeness (QED) is 0.391. The van der Waals surface area contributed by atoms with Crippen molar-refractivity contribution in [3.05, 3.63) is 45.1 Å². The maximum Gasteiger partial charge on any atom is 0.330 e. The number of aromatic amines is 2. The average Bonchev–Trinajstić information content (AvgIpc) is 3.23. The molecule has 0 atom stereocenters. The lowest BCUT2D eigenvalue weighted by atomic mass is 9.79. The Kier molecular flexibility index (Phi) is 6.80. The zero-order chi connectivity index (χ0) is 26.3. The summed E-state index contributed by atoms with van der Waals surface area (Å²) in [5, 5.41) is 14.8. The zero-order valence-corrected chi connectivity index (χ0v) is 21.3. The van der Waals surface area contributed by atoms with Crippen LogP contribution in [0.2, 0.25) is 0 Å². The van der Waals surface area contributed by atoms with Gasteiger partial charge in [0.25, 0.3) is 11.5 Å². The summed E-state index contributed by atoms with van der Waals surface area (Å²) in [6, 6.07) is 6.87. The van der Waals surface area contributed by atoms with Gasteiger partial charge in [-0.05, 0) is 71.2 Å². The lowest BCUT2D eigenvalue weighted by Crippen LogP contribution is -2.63. The molecular formula is C25H34N6O5. The largest absolute Gasteiger partial charge is 0.484 e. The third kappa shape index (κ3) is 5.07. The van der Waals surface area contributed by atoms with E-state index in [4.69, 9.17) is 4.74 Å². The summed E-state index contributed by atoms with van der Waals surface area (Å²) in [4.78, 5) is 47.3. The van der Waals surface area contributed by atoms with Gasteiger partial charge in [-0.1, -0.05) is 6.92 Å². The topological polar surface area (TPSA) is 145 Å². The predicted molar refractivity (Wildman–Crippen MR) is 135 cm³/mol. The molecule has 1 aliphatic rings. The molecule has 3 aromatic rings. The smallest absolute Gasteiger partial charge is 0.330 e. The number of hydroxylamine groups is 2. The number of piperidine rings is 1. The van der Waals surface area contributed by atoms with Crippen molar-refractivity contribution in [2.75, 3.05) is 6.61 Å². The summed E-state index contributed by atoms with van der Waals surface area (Å²) < 4.78 is 6.81. The van der Waals surface area contributed by atoms with Gasteiger partial charge in [0.2, 0.25) is 0 Å². The number of nitrogens with zero attached hydrogens (tertiary/aromatic N) is 3. The van der Waals surface area contributed by atoms with Crippen molar-refractivity contribution in [3.63, 3.8) is 0 Å². The molecule has 36 heavy (non-hydrogen) atoms. The lowest BCUT2D eigenvalue weighted by molar-refractivity contribution is -0.246. The van der Waals surface area contributed by atoms with Crippen LogP contribution in [0.3, 0.4) is 0 Å². The second-order valence-electron chi connectivity index (χ2n) is 10.6. The van der Waals surface area contributed by atoms with Crippen molar-refractivity contribution in [3.8, 4) is 17.1 Å². The molecule has 0 bridgehead atoms. The van der Waals surface area contributed by atoms with Gasteiger partial charge in [0.1, 0.15) is 17.1 Å². The molecule has 1 aliphatic heterocycles. The molecule has 4 N–H and O–H groups in total. The van der Waals surface area contributed by atoms with Gasteiger partial charge in [-0.25, -0.2) is 9.78 Å². The number of nitrogens with one attached hydrogen (secondary N) is 3. The molecule has 2 aromatic heterocycles. The molecule has 194 valence electrons. The monoisotopic (exact) mass is 498 g/mol. The highest BCUT2D eigenvalue weighted by atomic mass is 16.5. The lowest BCUT2D eigenvalue weighted by Gasteiger charge is -2.51. The van der Waals surface area contributed by atoms with E-state index < -0.39 is 22.3 Å². The van der Waals surface area contributed by atoms with E-state index >= 15 is 0 Å². The van der Waals surface area contributed by atoms with E-state index in [9.17, 15) is 19.6 Å². The number of hydrogen-bond acceptors (Lipinski definition) is 7. The Hall–Kier alpha value is -3.44. The number of fused-ring (bicyclic) bond motifs is 1. The maximum absolute atomic E-state index is 12.6. The molecule has 11 heteroatoms. The SMILES string of the molecule is CCCn1c(=O)[nH]c2nc(-c3ccc(OCC(=O)NC4CC(C)(C)N(O)C(C)(C)C4)cc3)[nH]c2c1=O. The van der Waals surface area contributed by atoms with E-state index in [0.717, 1.165) is 4.57 Å². The van der Waals surface area contributed by atoms with Gasteiger partial charge in [-0.2, -0.15) is 5.06 Å². The van der Waals surface area contributed by atoms with Crippen LogP contribution in [0.4, 0.5) is 0 Å². The van der Waals surface area contributed by atoms with Crippen molar-refractivity contribution in [1.29, 1.82) is 0 Å². The van der Waals surface area contributed by atoms with Gasteiger partial charge in [-0.15, -0.1) is 0 Å². The minimum absolute atomic E-state index is 0.0710.